The molecule has 1 amide bonds. The van der Waals surface area contributed by atoms with E-state index in [0.29, 0.717) is 19.8 Å². The number of carbonyl (C=O) groups is 1. The minimum absolute atomic E-state index is 0.190. The van der Waals surface area contributed by atoms with Crippen LogP contribution >= 0.6 is 0 Å². The number of ether oxygens (including phenoxy) is 2. The second-order valence-electron chi connectivity index (χ2n) is 3.20. The summed E-state index contributed by atoms with van der Waals surface area (Å²) in [5.41, 5.74) is 0. The van der Waals surface area contributed by atoms with Gasteiger partial charge in [-0.2, -0.15) is 0 Å². The van der Waals surface area contributed by atoms with Crippen molar-refractivity contribution < 1.29 is 14.3 Å². The number of amides is 1. The first-order chi connectivity index (χ1) is 6.84. The van der Waals surface area contributed by atoms with E-state index in [4.69, 9.17) is 9.47 Å². The quantitative estimate of drug-likeness (QED) is 0.619. The normalized spacial score (nSPS) is 16.9. The van der Waals surface area contributed by atoms with Crippen LogP contribution in [-0.4, -0.2) is 57.5 Å². The molecule has 1 aliphatic heterocycles. The second-order valence-corrected chi connectivity index (χ2v) is 3.20. The van der Waals surface area contributed by atoms with Gasteiger partial charge in [-0.05, 0) is 6.42 Å². The molecule has 0 aromatic heterocycles. The molecular weight excluding hydrogens is 184 g/mol. The Balaban J connectivity index is 2.02. The van der Waals surface area contributed by atoms with Crippen LogP contribution in [0.5, 0.6) is 0 Å². The molecule has 1 rings (SSSR count). The Morgan fingerprint density at radius 1 is 1.57 bits per heavy atom. The van der Waals surface area contributed by atoms with Crippen LogP contribution < -0.4 is 5.32 Å². The average Bonchev–Trinajstić information content (AvgIpc) is 2.20. The third-order valence-electron chi connectivity index (χ3n) is 2.10. The number of rotatable bonds is 6. The van der Waals surface area contributed by atoms with Crippen LogP contribution in [-0.2, 0) is 9.47 Å². The number of hydrogen-bond donors (Lipinski definition) is 1. The fraction of sp³-hybridized carbons (Fsp3) is 0.889. The number of nitrogens with one attached hydrogen (secondary N) is 1. The van der Waals surface area contributed by atoms with Gasteiger partial charge in [-0.1, -0.05) is 0 Å². The lowest BCUT2D eigenvalue weighted by molar-refractivity contribution is 0.0731. The Morgan fingerprint density at radius 3 is 3.14 bits per heavy atom. The SMILES string of the molecule is COCCNCCN1CCCOC1=O. The van der Waals surface area contributed by atoms with E-state index in [9.17, 15) is 4.79 Å². The Hall–Kier alpha value is -0.810. The summed E-state index contributed by atoms with van der Waals surface area (Å²) in [7, 11) is 1.67. The molecule has 1 N–H and O–H groups in total. The molecule has 0 aromatic carbocycles. The summed E-state index contributed by atoms with van der Waals surface area (Å²) in [5, 5.41) is 3.18. The standard InChI is InChI=1S/C9H18N2O3/c1-13-8-4-10-3-6-11-5-2-7-14-9(11)12/h10H,2-8H2,1H3. The lowest BCUT2D eigenvalue weighted by Gasteiger charge is -2.26. The molecule has 1 aliphatic rings. The second kappa shape index (κ2) is 6.62. The van der Waals surface area contributed by atoms with E-state index in [2.05, 4.69) is 5.32 Å². The minimum atomic E-state index is -0.190. The number of cyclic esters (lactones) is 1. The van der Waals surface area contributed by atoms with Crippen LogP contribution in [0.3, 0.4) is 0 Å². The van der Waals surface area contributed by atoms with Gasteiger partial charge in [-0.3, -0.25) is 0 Å². The topological polar surface area (TPSA) is 50.8 Å². The molecule has 0 saturated carbocycles. The third kappa shape index (κ3) is 3.93. The molecule has 0 aliphatic carbocycles. The van der Waals surface area contributed by atoms with Crippen molar-refractivity contribution in [2.24, 2.45) is 0 Å². The summed E-state index contributed by atoms with van der Waals surface area (Å²) in [6.45, 7) is 4.39. The van der Waals surface area contributed by atoms with E-state index in [-0.39, 0.29) is 6.09 Å². The minimum Gasteiger partial charge on any atom is -0.449 e. The molecule has 0 atom stereocenters. The Kier molecular flexibility index (Phi) is 5.32. The highest BCUT2D eigenvalue weighted by molar-refractivity contribution is 5.68. The maximum Gasteiger partial charge on any atom is 0.409 e. The summed E-state index contributed by atoms with van der Waals surface area (Å²) < 4.78 is 9.79. The zero-order valence-electron chi connectivity index (χ0n) is 8.62. The van der Waals surface area contributed by atoms with E-state index in [1.807, 2.05) is 0 Å². The first kappa shape index (κ1) is 11.3. The lowest BCUT2D eigenvalue weighted by Crippen LogP contribution is -2.41. The van der Waals surface area contributed by atoms with Crippen molar-refractivity contribution in [1.29, 1.82) is 0 Å². The van der Waals surface area contributed by atoms with Gasteiger partial charge in [0.05, 0.1) is 13.2 Å². The van der Waals surface area contributed by atoms with Crippen LogP contribution in [0.1, 0.15) is 6.42 Å². The molecule has 0 unspecified atom stereocenters. The summed E-state index contributed by atoms with van der Waals surface area (Å²) >= 11 is 0. The van der Waals surface area contributed by atoms with Crippen molar-refractivity contribution in [2.45, 2.75) is 6.42 Å². The smallest absolute Gasteiger partial charge is 0.409 e. The number of carbonyl (C=O) groups excluding carboxylic acids is 1. The largest absolute Gasteiger partial charge is 0.449 e. The van der Waals surface area contributed by atoms with E-state index < -0.39 is 0 Å². The summed E-state index contributed by atoms with van der Waals surface area (Å²) in [6, 6.07) is 0. The van der Waals surface area contributed by atoms with Crippen molar-refractivity contribution >= 4 is 6.09 Å². The van der Waals surface area contributed by atoms with Gasteiger partial charge in [-0.25, -0.2) is 4.79 Å². The van der Waals surface area contributed by atoms with Crippen LogP contribution in [0, 0.1) is 0 Å². The summed E-state index contributed by atoms with van der Waals surface area (Å²) in [4.78, 5) is 12.9. The molecule has 0 radical (unpaired) electrons. The zero-order chi connectivity index (χ0) is 10.2. The van der Waals surface area contributed by atoms with Crippen molar-refractivity contribution in [2.75, 3.05) is 46.5 Å². The first-order valence-electron chi connectivity index (χ1n) is 4.96. The highest BCUT2D eigenvalue weighted by Crippen LogP contribution is 2.02. The molecular formula is C9H18N2O3. The van der Waals surface area contributed by atoms with Crippen molar-refractivity contribution in [3.63, 3.8) is 0 Å². The number of hydrogen-bond acceptors (Lipinski definition) is 4. The molecule has 1 saturated heterocycles. The third-order valence-corrected chi connectivity index (χ3v) is 2.10. The summed E-state index contributed by atoms with van der Waals surface area (Å²) in [5.74, 6) is 0. The molecule has 14 heavy (non-hydrogen) atoms. The van der Waals surface area contributed by atoms with Crippen molar-refractivity contribution in [3.8, 4) is 0 Å². The van der Waals surface area contributed by atoms with Gasteiger partial charge >= 0.3 is 6.09 Å². The Morgan fingerprint density at radius 2 is 2.43 bits per heavy atom. The molecule has 0 bridgehead atoms. The van der Waals surface area contributed by atoms with Crippen molar-refractivity contribution in [1.82, 2.24) is 10.2 Å². The molecule has 5 nitrogen and oxygen atoms in total. The zero-order valence-corrected chi connectivity index (χ0v) is 8.62. The average molecular weight is 202 g/mol. The van der Waals surface area contributed by atoms with E-state index in [0.717, 1.165) is 26.1 Å². The van der Waals surface area contributed by atoms with Gasteiger partial charge in [0.2, 0.25) is 0 Å². The molecule has 1 fully saturated rings. The number of nitrogens with zero attached hydrogens (tertiary/aromatic N) is 1. The van der Waals surface area contributed by atoms with E-state index in [1.54, 1.807) is 12.0 Å². The van der Waals surface area contributed by atoms with Gasteiger partial charge in [0.1, 0.15) is 0 Å². The highest BCUT2D eigenvalue weighted by atomic mass is 16.6. The van der Waals surface area contributed by atoms with Crippen molar-refractivity contribution in [3.05, 3.63) is 0 Å². The van der Waals surface area contributed by atoms with Gasteiger partial charge in [0.15, 0.2) is 0 Å². The molecule has 0 spiro atoms. The van der Waals surface area contributed by atoms with Gasteiger partial charge < -0.3 is 19.7 Å². The van der Waals surface area contributed by atoms with Gasteiger partial charge in [0.25, 0.3) is 0 Å². The predicted molar refractivity (Wildman–Crippen MR) is 52.3 cm³/mol. The Bertz CT molecular complexity index is 175. The Labute approximate surface area is 84.4 Å². The van der Waals surface area contributed by atoms with Crippen LogP contribution in [0.25, 0.3) is 0 Å². The molecule has 5 heteroatoms. The van der Waals surface area contributed by atoms with Gasteiger partial charge in [0, 0.05) is 33.3 Å². The predicted octanol–water partition coefficient (Wildman–Crippen LogP) is 0.0647. The maximum absolute atomic E-state index is 11.2. The van der Waals surface area contributed by atoms with Crippen LogP contribution in [0.15, 0.2) is 0 Å². The molecule has 82 valence electrons. The van der Waals surface area contributed by atoms with Gasteiger partial charge in [-0.15, -0.1) is 0 Å². The monoisotopic (exact) mass is 202 g/mol. The van der Waals surface area contributed by atoms with E-state index >= 15 is 0 Å². The molecule has 0 aromatic rings. The lowest BCUT2D eigenvalue weighted by atomic mass is 10.3. The molecule has 1 heterocycles. The van der Waals surface area contributed by atoms with Crippen LogP contribution in [0.4, 0.5) is 4.79 Å². The fourth-order valence-electron chi connectivity index (χ4n) is 1.31. The summed E-state index contributed by atoms with van der Waals surface area (Å²) in [6.07, 6.45) is 0.744. The number of methoxy groups -OCH3 is 1. The fourth-order valence-corrected chi connectivity index (χ4v) is 1.31. The maximum atomic E-state index is 11.2. The first-order valence-corrected chi connectivity index (χ1v) is 4.96. The van der Waals surface area contributed by atoms with E-state index in [1.165, 1.54) is 0 Å². The van der Waals surface area contributed by atoms with Crippen LogP contribution in [0.2, 0.25) is 0 Å². The highest BCUT2D eigenvalue weighted by Gasteiger charge is 2.18.